The molecule has 1 heterocycles. The molecule has 0 saturated carbocycles. The average molecular weight is 482 g/mol. The first-order valence-corrected chi connectivity index (χ1v) is 11.7. The van der Waals surface area contributed by atoms with Crippen molar-refractivity contribution < 1.29 is 19.0 Å². The molecule has 0 unspecified atom stereocenters. The van der Waals surface area contributed by atoms with Gasteiger partial charge in [-0.25, -0.2) is 4.68 Å². The quantitative estimate of drug-likeness (QED) is 0.370. The van der Waals surface area contributed by atoms with E-state index >= 15 is 0 Å². The van der Waals surface area contributed by atoms with Crippen LogP contribution in [0.4, 0.5) is 5.69 Å². The number of hydrogen-bond donors (Lipinski definition) is 1. The Bertz CT molecular complexity index is 1400. The van der Waals surface area contributed by atoms with Gasteiger partial charge in [-0.1, -0.05) is 48.5 Å². The van der Waals surface area contributed by atoms with Crippen molar-refractivity contribution in [1.29, 1.82) is 0 Å². The summed E-state index contributed by atoms with van der Waals surface area (Å²) in [5.74, 6) is 1.08. The van der Waals surface area contributed by atoms with E-state index in [0.29, 0.717) is 28.6 Å². The lowest BCUT2D eigenvalue weighted by Gasteiger charge is -2.14. The van der Waals surface area contributed by atoms with E-state index in [-0.39, 0.29) is 5.91 Å². The fraction of sp³-hybridized carbons (Fsp3) is 0.172. The molecule has 1 N–H and O–H groups in total. The number of methoxy groups -OCH3 is 3. The number of anilines is 1. The van der Waals surface area contributed by atoms with Gasteiger partial charge in [-0.15, -0.1) is 0 Å². The first kappa shape index (κ1) is 23.2. The third-order valence-corrected chi connectivity index (χ3v) is 6.21. The molecule has 1 aliphatic rings. The Kier molecular flexibility index (Phi) is 6.45. The Morgan fingerprint density at radius 1 is 0.889 bits per heavy atom. The van der Waals surface area contributed by atoms with E-state index in [4.69, 9.17) is 19.3 Å². The Balaban J connectivity index is 1.56. The third-order valence-electron chi connectivity index (χ3n) is 6.21. The molecular weight excluding hydrogens is 454 g/mol. The summed E-state index contributed by atoms with van der Waals surface area (Å²) < 4.78 is 18.1. The smallest absolute Gasteiger partial charge is 0.276 e. The van der Waals surface area contributed by atoms with Crippen molar-refractivity contribution in [2.24, 2.45) is 0 Å². The summed E-state index contributed by atoms with van der Waals surface area (Å²) in [5, 5.41) is 7.75. The number of hydrogen-bond acceptors (Lipinski definition) is 5. The highest BCUT2D eigenvalue weighted by Crippen LogP contribution is 2.41. The fourth-order valence-electron chi connectivity index (χ4n) is 4.57. The molecule has 0 aliphatic heterocycles. The minimum absolute atomic E-state index is 0.295. The van der Waals surface area contributed by atoms with Crippen LogP contribution in [0.15, 0.2) is 72.8 Å². The Labute approximate surface area is 209 Å². The van der Waals surface area contributed by atoms with Crippen LogP contribution in [0.5, 0.6) is 17.2 Å². The van der Waals surface area contributed by atoms with Gasteiger partial charge < -0.3 is 19.5 Å². The highest BCUT2D eigenvalue weighted by molar-refractivity contribution is 6.06. The molecule has 182 valence electrons. The number of fused-ring (bicyclic) bond motifs is 1. The maximum Gasteiger partial charge on any atom is 0.276 e. The molecular formula is C29H27N3O4. The number of para-hydroxylation sites is 1. The van der Waals surface area contributed by atoms with Crippen molar-refractivity contribution in [3.8, 4) is 22.9 Å². The highest BCUT2D eigenvalue weighted by atomic mass is 16.5. The van der Waals surface area contributed by atoms with Gasteiger partial charge in [0.2, 0.25) is 5.75 Å². The Morgan fingerprint density at radius 2 is 1.53 bits per heavy atom. The molecule has 1 aliphatic carbocycles. The third kappa shape index (κ3) is 4.31. The molecule has 7 heteroatoms. The zero-order chi connectivity index (χ0) is 25.1. The van der Waals surface area contributed by atoms with Crippen molar-refractivity contribution in [3.63, 3.8) is 0 Å². The molecule has 1 amide bonds. The second kappa shape index (κ2) is 10.00. The molecule has 0 spiro atoms. The largest absolute Gasteiger partial charge is 0.493 e. The van der Waals surface area contributed by atoms with E-state index in [2.05, 4.69) is 23.5 Å². The zero-order valence-electron chi connectivity index (χ0n) is 20.4. The lowest BCUT2D eigenvalue weighted by atomic mass is 10.1. The summed E-state index contributed by atoms with van der Waals surface area (Å²) >= 11 is 0. The van der Waals surface area contributed by atoms with Crippen LogP contribution in [0.1, 0.15) is 33.7 Å². The van der Waals surface area contributed by atoms with Crippen LogP contribution in [0.3, 0.4) is 0 Å². The number of ether oxygens (including phenoxy) is 3. The van der Waals surface area contributed by atoms with Crippen LogP contribution in [0.25, 0.3) is 17.3 Å². The van der Waals surface area contributed by atoms with E-state index in [1.165, 1.54) is 14.2 Å². The molecule has 0 radical (unpaired) electrons. The number of amides is 1. The summed E-state index contributed by atoms with van der Waals surface area (Å²) in [6.07, 6.45) is 3.74. The molecule has 1 aromatic heterocycles. The van der Waals surface area contributed by atoms with Gasteiger partial charge in [-0.2, -0.15) is 5.10 Å². The number of carbonyl (C=O) groups excluding carboxylic acids is 1. The SMILES string of the molecule is COc1cc(NC(=O)c2nn(-c3ccccc3)c3c2CC/C3=C\c2ccccc2)cc(OC)c1OC. The predicted molar refractivity (Wildman–Crippen MR) is 140 cm³/mol. The van der Waals surface area contributed by atoms with Crippen LogP contribution in [0, 0.1) is 0 Å². The zero-order valence-corrected chi connectivity index (χ0v) is 20.4. The van der Waals surface area contributed by atoms with Gasteiger partial charge in [-0.05, 0) is 42.2 Å². The minimum Gasteiger partial charge on any atom is -0.493 e. The lowest BCUT2D eigenvalue weighted by molar-refractivity contribution is 0.102. The maximum atomic E-state index is 13.5. The lowest BCUT2D eigenvalue weighted by Crippen LogP contribution is -2.15. The van der Waals surface area contributed by atoms with Crippen LogP contribution in [-0.4, -0.2) is 37.0 Å². The average Bonchev–Trinajstić information content (AvgIpc) is 3.50. The number of allylic oxidation sites excluding steroid dienone is 1. The van der Waals surface area contributed by atoms with Gasteiger partial charge >= 0.3 is 0 Å². The van der Waals surface area contributed by atoms with Gasteiger partial charge in [0.25, 0.3) is 5.91 Å². The second-order valence-electron chi connectivity index (χ2n) is 8.37. The summed E-state index contributed by atoms with van der Waals surface area (Å²) in [6, 6.07) is 23.5. The van der Waals surface area contributed by atoms with Crippen molar-refractivity contribution in [2.45, 2.75) is 12.8 Å². The van der Waals surface area contributed by atoms with Gasteiger partial charge in [0.1, 0.15) is 0 Å². The molecule has 3 aromatic carbocycles. The summed E-state index contributed by atoms with van der Waals surface area (Å²) in [4.78, 5) is 13.5. The van der Waals surface area contributed by atoms with Gasteiger partial charge in [0.15, 0.2) is 17.2 Å². The molecule has 5 rings (SSSR count). The number of benzene rings is 3. The van der Waals surface area contributed by atoms with Gasteiger partial charge in [0, 0.05) is 23.4 Å². The molecule has 0 atom stereocenters. The van der Waals surface area contributed by atoms with Crippen LogP contribution >= 0.6 is 0 Å². The van der Waals surface area contributed by atoms with Crippen LogP contribution < -0.4 is 19.5 Å². The molecule has 4 aromatic rings. The van der Waals surface area contributed by atoms with Crippen molar-refractivity contribution in [2.75, 3.05) is 26.6 Å². The number of aromatic nitrogens is 2. The number of carbonyl (C=O) groups is 1. The van der Waals surface area contributed by atoms with Crippen LogP contribution in [-0.2, 0) is 6.42 Å². The number of nitrogens with zero attached hydrogens (tertiary/aromatic N) is 2. The summed E-state index contributed by atoms with van der Waals surface area (Å²) in [7, 11) is 4.62. The second-order valence-corrected chi connectivity index (χ2v) is 8.37. The standard InChI is InChI=1S/C29H27N3O4/c1-34-24-17-21(18-25(35-2)28(24)36-3)30-29(33)26-23-15-14-20(16-19-10-6-4-7-11-19)27(23)32(31-26)22-12-8-5-9-13-22/h4-13,16-18H,14-15H2,1-3H3,(H,30,33)/b20-16+. The molecule has 0 fully saturated rings. The minimum atomic E-state index is -0.295. The van der Waals surface area contributed by atoms with Crippen molar-refractivity contribution >= 4 is 23.2 Å². The van der Waals surface area contributed by atoms with E-state index in [1.54, 1.807) is 19.2 Å². The molecule has 0 bridgehead atoms. The Hall–Kier alpha value is -4.52. The predicted octanol–water partition coefficient (Wildman–Crippen LogP) is 5.64. The van der Waals surface area contributed by atoms with Gasteiger partial charge in [-0.3, -0.25) is 4.79 Å². The van der Waals surface area contributed by atoms with E-state index in [0.717, 1.165) is 40.9 Å². The number of nitrogens with one attached hydrogen (secondary N) is 1. The maximum absolute atomic E-state index is 13.5. The topological polar surface area (TPSA) is 74.6 Å². The summed E-state index contributed by atoms with van der Waals surface area (Å²) in [6.45, 7) is 0. The fourth-order valence-corrected chi connectivity index (χ4v) is 4.57. The van der Waals surface area contributed by atoms with Crippen LogP contribution in [0.2, 0.25) is 0 Å². The molecule has 36 heavy (non-hydrogen) atoms. The number of rotatable bonds is 7. The van der Waals surface area contributed by atoms with Crippen molar-refractivity contribution in [3.05, 3.63) is 95.3 Å². The van der Waals surface area contributed by atoms with Crippen molar-refractivity contribution in [1.82, 2.24) is 9.78 Å². The Morgan fingerprint density at radius 3 is 2.14 bits per heavy atom. The normalized spacial score (nSPS) is 13.4. The summed E-state index contributed by atoms with van der Waals surface area (Å²) in [5.41, 5.74) is 6.01. The van der Waals surface area contributed by atoms with E-state index in [9.17, 15) is 4.79 Å². The van der Waals surface area contributed by atoms with E-state index < -0.39 is 0 Å². The molecule has 7 nitrogen and oxygen atoms in total. The first-order chi connectivity index (χ1) is 17.6. The van der Waals surface area contributed by atoms with E-state index in [1.807, 2.05) is 53.2 Å². The monoisotopic (exact) mass is 481 g/mol. The molecule has 0 saturated heterocycles. The van der Waals surface area contributed by atoms with Gasteiger partial charge in [0.05, 0.1) is 32.7 Å². The highest BCUT2D eigenvalue weighted by Gasteiger charge is 2.30. The first-order valence-electron chi connectivity index (χ1n) is 11.7.